The van der Waals surface area contributed by atoms with Crippen LogP contribution in [0.2, 0.25) is 0 Å². The van der Waals surface area contributed by atoms with Gasteiger partial charge in [0.05, 0.1) is 19.6 Å². The minimum absolute atomic E-state index is 0.133. The Morgan fingerprint density at radius 1 is 0.905 bits per heavy atom. The molecule has 0 spiro atoms. The molecule has 3 heteroatoms. The third-order valence-electron chi connectivity index (χ3n) is 4.78. The van der Waals surface area contributed by atoms with Crippen molar-refractivity contribution in [2.24, 2.45) is 0 Å². The molecule has 1 amide bonds. The van der Waals surface area contributed by atoms with Crippen LogP contribution in [0, 0.1) is 0 Å². The van der Waals surface area contributed by atoms with Crippen LogP contribution in [0.5, 0.6) is 0 Å². The fourth-order valence-corrected chi connectivity index (χ4v) is 2.84. The van der Waals surface area contributed by atoms with E-state index >= 15 is 0 Å². The molecule has 0 aliphatic heterocycles. The molecule has 0 aromatic heterocycles. The van der Waals surface area contributed by atoms with Crippen LogP contribution in [0.3, 0.4) is 0 Å². The van der Waals surface area contributed by atoms with Gasteiger partial charge in [0.25, 0.3) is 5.91 Å². The fourth-order valence-electron chi connectivity index (χ4n) is 2.84. The number of hydrogen-bond acceptors (Lipinski definition) is 1. The Labute approximate surface area is 130 Å². The van der Waals surface area contributed by atoms with Gasteiger partial charge in [-0.2, -0.15) is 0 Å². The van der Waals surface area contributed by atoms with E-state index in [1.165, 1.54) is 5.56 Å². The zero-order valence-electron chi connectivity index (χ0n) is 14.4. The number of amides is 1. The fraction of sp³-hybridized carbons (Fsp3) is 0.611. The lowest BCUT2D eigenvalue weighted by molar-refractivity contribution is -0.936. The minimum atomic E-state index is 0.133. The predicted molar refractivity (Wildman–Crippen MR) is 89.3 cm³/mol. The van der Waals surface area contributed by atoms with Gasteiger partial charge in [-0.15, -0.1) is 0 Å². The van der Waals surface area contributed by atoms with Gasteiger partial charge in [0, 0.05) is 24.2 Å². The monoisotopic (exact) mass is 291 g/mol. The van der Waals surface area contributed by atoms with E-state index in [1.54, 1.807) is 0 Å². The molecule has 0 bridgehead atoms. The number of benzene rings is 1. The van der Waals surface area contributed by atoms with Crippen molar-refractivity contribution in [3.63, 3.8) is 0 Å². The van der Waals surface area contributed by atoms with Gasteiger partial charge in [-0.05, 0) is 46.8 Å². The van der Waals surface area contributed by atoms with Crippen LogP contribution in [0.15, 0.2) is 24.3 Å². The Kier molecular flexibility index (Phi) is 6.90. The van der Waals surface area contributed by atoms with Crippen LogP contribution in [-0.4, -0.2) is 48.0 Å². The first-order valence-electron chi connectivity index (χ1n) is 8.29. The zero-order chi connectivity index (χ0) is 15.9. The maximum atomic E-state index is 12.3. The molecule has 0 aliphatic carbocycles. The van der Waals surface area contributed by atoms with Gasteiger partial charge in [-0.25, -0.2) is 0 Å². The van der Waals surface area contributed by atoms with Crippen LogP contribution in [-0.2, 0) is 6.54 Å². The summed E-state index contributed by atoms with van der Waals surface area (Å²) in [5, 5.41) is 0. The highest BCUT2D eigenvalue weighted by atomic mass is 16.2. The van der Waals surface area contributed by atoms with Crippen molar-refractivity contribution in [2.45, 2.75) is 41.2 Å². The van der Waals surface area contributed by atoms with E-state index in [2.05, 4.69) is 32.9 Å². The average Bonchev–Trinajstić information content (AvgIpc) is 2.54. The molecule has 0 N–H and O–H groups in total. The Hall–Kier alpha value is -1.35. The minimum Gasteiger partial charge on any atom is -0.339 e. The number of quaternary nitrogens is 1. The maximum absolute atomic E-state index is 12.3. The third kappa shape index (κ3) is 4.31. The Balaban J connectivity index is 2.85. The molecule has 0 atom stereocenters. The first-order chi connectivity index (χ1) is 10.1. The normalized spacial score (nSPS) is 11.5. The number of carbonyl (C=O) groups excluding carboxylic acids is 1. The summed E-state index contributed by atoms with van der Waals surface area (Å²) >= 11 is 0. The Morgan fingerprint density at radius 2 is 1.38 bits per heavy atom. The SMILES string of the molecule is CCN(CC)C(=O)c1ccc(C[N+](CC)(CC)CC)cc1. The zero-order valence-corrected chi connectivity index (χ0v) is 14.4. The molecule has 3 nitrogen and oxygen atoms in total. The summed E-state index contributed by atoms with van der Waals surface area (Å²) in [6.45, 7) is 16.8. The summed E-state index contributed by atoms with van der Waals surface area (Å²) < 4.78 is 1.10. The van der Waals surface area contributed by atoms with Gasteiger partial charge in [-0.3, -0.25) is 4.79 Å². The van der Waals surface area contributed by atoms with E-state index in [-0.39, 0.29) is 5.91 Å². The standard InChI is InChI=1S/C18H31N2O/c1-6-19(7-2)18(21)17-13-11-16(12-14-17)15-20(8-3,9-4)10-5/h11-14H,6-10,15H2,1-5H3/q+1. The summed E-state index contributed by atoms with van der Waals surface area (Å²) in [5.41, 5.74) is 2.11. The maximum Gasteiger partial charge on any atom is 0.253 e. The lowest BCUT2D eigenvalue weighted by Gasteiger charge is -2.36. The predicted octanol–water partition coefficient (Wildman–Crippen LogP) is 3.55. The summed E-state index contributed by atoms with van der Waals surface area (Å²) in [6.07, 6.45) is 0. The highest BCUT2D eigenvalue weighted by Gasteiger charge is 2.21. The van der Waals surface area contributed by atoms with Gasteiger partial charge in [0.15, 0.2) is 0 Å². The molecule has 0 radical (unpaired) electrons. The van der Waals surface area contributed by atoms with Crippen molar-refractivity contribution in [1.29, 1.82) is 0 Å². The Morgan fingerprint density at radius 3 is 1.76 bits per heavy atom. The highest BCUT2D eigenvalue weighted by Crippen LogP contribution is 2.15. The first-order valence-corrected chi connectivity index (χ1v) is 8.29. The lowest BCUT2D eigenvalue weighted by Crippen LogP contribution is -2.46. The molecule has 1 rings (SSSR count). The number of nitrogens with zero attached hydrogens (tertiary/aromatic N) is 2. The molecule has 0 saturated heterocycles. The van der Waals surface area contributed by atoms with Gasteiger partial charge < -0.3 is 9.38 Å². The van der Waals surface area contributed by atoms with Crippen molar-refractivity contribution < 1.29 is 9.28 Å². The molecular weight excluding hydrogens is 260 g/mol. The van der Waals surface area contributed by atoms with E-state index < -0.39 is 0 Å². The summed E-state index contributed by atoms with van der Waals surface area (Å²) in [5.74, 6) is 0.133. The second-order valence-electron chi connectivity index (χ2n) is 5.62. The molecular formula is C18H31N2O+. The molecule has 0 fully saturated rings. The Bertz CT molecular complexity index is 423. The second kappa shape index (κ2) is 8.18. The van der Waals surface area contributed by atoms with Crippen molar-refractivity contribution >= 4 is 5.91 Å². The molecule has 0 heterocycles. The molecule has 0 aliphatic rings. The number of hydrogen-bond donors (Lipinski definition) is 0. The third-order valence-corrected chi connectivity index (χ3v) is 4.78. The topological polar surface area (TPSA) is 20.3 Å². The van der Waals surface area contributed by atoms with E-state index in [0.717, 1.165) is 49.3 Å². The van der Waals surface area contributed by atoms with E-state index in [0.29, 0.717) is 0 Å². The number of carbonyl (C=O) groups is 1. The molecule has 0 saturated carbocycles. The van der Waals surface area contributed by atoms with Gasteiger partial charge in [0.1, 0.15) is 6.54 Å². The summed E-state index contributed by atoms with van der Waals surface area (Å²) in [7, 11) is 0. The largest absolute Gasteiger partial charge is 0.339 e. The van der Waals surface area contributed by atoms with E-state index in [4.69, 9.17) is 0 Å². The lowest BCUT2D eigenvalue weighted by atomic mass is 10.1. The molecule has 118 valence electrons. The molecule has 1 aromatic rings. The van der Waals surface area contributed by atoms with Gasteiger partial charge in [-0.1, -0.05) is 12.1 Å². The second-order valence-corrected chi connectivity index (χ2v) is 5.62. The smallest absolute Gasteiger partial charge is 0.253 e. The highest BCUT2D eigenvalue weighted by molar-refractivity contribution is 5.94. The van der Waals surface area contributed by atoms with E-state index in [1.807, 2.05) is 30.9 Å². The van der Waals surface area contributed by atoms with Crippen LogP contribution >= 0.6 is 0 Å². The van der Waals surface area contributed by atoms with Gasteiger partial charge >= 0.3 is 0 Å². The first kappa shape index (κ1) is 17.7. The average molecular weight is 291 g/mol. The molecule has 1 aromatic carbocycles. The van der Waals surface area contributed by atoms with Crippen LogP contribution in [0.4, 0.5) is 0 Å². The molecule has 21 heavy (non-hydrogen) atoms. The van der Waals surface area contributed by atoms with Crippen molar-refractivity contribution in [3.8, 4) is 0 Å². The van der Waals surface area contributed by atoms with Crippen LogP contribution < -0.4 is 0 Å². The van der Waals surface area contributed by atoms with Crippen LogP contribution in [0.25, 0.3) is 0 Å². The molecule has 0 unspecified atom stereocenters. The quantitative estimate of drug-likeness (QED) is 0.671. The summed E-state index contributed by atoms with van der Waals surface area (Å²) in [4.78, 5) is 14.2. The van der Waals surface area contributed by atoms with Crippen molar-refractivity contribution in [2.75, 3.05) is 32.7 Å². The summed E-state index contributed by atoms with van der Waals surface area (Å²) in [6, 6.07) is 8.19. The van der Waals surface area contributed by atoms with E-state index in [9.17, 15) is 4.79 Å². The van der Waals surface area contributed by atoms with Crippen molar-refractivity contribution in [3.05, 3.63) is 35.4 Å². The van der Waals surface area contributed by atoms with Crippen molar-refractivity contribution in [1.82, 2.24) is 4.90 Å². The van der Waals surface area contributed by atoms with Crippen LogP contribution in [0.1, 0.15) is 50.5 Å². The van der Waals surface area contributed by atoms with Gasteiger partial charge in [0.2, 0.25) is 0 Å². The number of rotatable bonds is 8.